The maximum atomic E-state index is 11.2. The molecule has 7 heteroatoms. The molecule has 2 aromatic rings. The van der Waals surface area contributed by atoms with E-state index in [1.54, 1.807) is 19.2 Å². The van der Waals surface area contributed by atoms with Crippen LogP contribution < -0.4 is 5.32 Å². The number of nitrogens with one attached hydrogen (secondary N) is 1. The molecule has 7 nitrogen and oxygen atoms in total. The van der Waals surface area contributed by atoms with Crippen molar-refractivity contribution in [2.24, 2.45) is 0 Å². The van der Waals surface area contributed by atoms with E-state index in [1.165, 1.54) is 24.4 Å². The number of para-hydroxylation sites is 1. The maximum absolute atomic E-state index is 11.2. The molecule has 1 aromatic heterocycles. The average molecular weight is 273 g/mol. The average Bonchev–Trinajstić information content (AvgIpc) is 2.41. The summed E-state index contributed by atoms with van der Waals surface area (Å²) in [5.41, 5.74) is 0.801. The fraction of sp³-hybridized carbons (Fsp3) is 0.0769. The number of nitrogens with zero attached hydrogens (tertiary/aromatic N) is 2. The summed E-state index contributed by atoms with van der Waals surface area (Å²) in [7, 11) is 0. The Labute approximate surface area is 114 Å². The van der Waals surface area contributed by atoms with Crippen molar-refractivity contribution in [3.63, 3.8) is 0 Å². The minimum absolute atomic E-state index is 0.0545. The van der Waals surface area contributed by atoms with Gasteiger partial charge in [0.1, 0.15) is 5.69 Å². The molecule has 0 saturated heterocycles. The lowest BCUT2D eigenvalue weighted by Crippen LogP contribution is -2.06. The van der Waals surface area contributed by atoms with Gasteiger partial charge in [-0.25, -0.2) is 4.79 Å². The first-order valence-corrected chi connectivity index (χ1v) is 5.69. The van der Waals surface area contributed by atoms with Crippen molar-refractivity contribution < 1.29 is 14.8 Å². The quantitative estimate of drug-likeness (QED) is 0.655. The second kappa shape index (κ2) is 5.35. The zero-order valence-corrected chi connectivity index (χ0v) is 10.5. The number of aromatic carboxylic acids is 1. The van der Waals surface area contributed by atoms with Crippen LogP contribution in [-0.2, 0) is 0 Å². The molecule has 2 N–H and O–H groups in total. The van der Waals surface area contributed by atoms with Crippen LogP contribution in [0.5, 0.6) is 0 Å². The number of benzene rings is 1. The van der Waals surface area contributed by atoms with Gasteiger partial charge in [-0.1, -0.05) is 6.07 Å². The Morgan fingerprint density at radius 2 is 2.15 bits per heavy atom. The summed E-state index contributed by atoms with van der Waals surface area (Å²) in [6.07, 6.45) is 3.07. The predicted molar refractivity (Wildman–Crippen MR) is 72.3 cm³/mol. The lowest BCUT2D eigenvalue weighted by molar-refractivity contribution is -0.383. The van der Waals surface area contributed by atoms with Crippen LogP contribution in [0.4, 0.5) is 17.1 Å². The Morgan fingerprint density at radius 1 is 1.40 bits per heavy atom. The number of nitro benzene ring substituents is 1. The molecule has 2 rings (SSSR count). The van der Waals surface area contributed by atoms with Gasteiger partial charge in [-0.3, -0.25) is 15.1 Å². The predicted octanol–water partition coefficient (Wildman–Crippen LogP) is 2.74. The summed E-state index contributed by atoms with van der Waals surface area (Å²) in [6, 6.07) is 5.62. The third kappa shape index (κ3) is 2.56. The van der Waals surface area contributed by atoms with Crippen LogP contribution in [0.25, 0.3) is 0 Å². The summed E-state index contributed by atoms with van der Waals surface area (Å²) in [6.45, 7) is 1.79. The highest BCUT2D eigenvalue weighted by Gasteiger charge is 2.21. The summed E-state index contributed by atoms with van der Waals surface area (Å²) in [4.78, 5) is 25.5. The van der Waals surface area contributed by atoms with Gasteiger partial charge in [0, 0.05) is 12.3 Å². The van der Waals surface area contributed by atoms with Crippen LogP contribution in [0.2, 0.25) is 0 Å². The van der Waals surface area contributed by atoms with E-state index in [1.807, 2.05) is 0 Å². The minimum atomic E-state index is -1.24. The third-order valence-corrected chi connectivity index (χ3v) is 2.77. The Bertz CT molecular complexity index is 653. The van der Waals surface area contributed by atoms with Crippen molar-refractivity contribution in [2.75, 3.05) is 5.32 Å². The molecule has 20 heavy (non-hydrogen) atoms. The van der Waals surface area contributed by atoms with Crippen LogP contribution in [0, 0.1) is 17.0 Å². The van der Waals surface area contributed by atoms with E-state index in [2.05, 4.69) is 10.3 Å². The zero-order chi connectivity index (χ0) is 14.7. The number of carbonyl (C=O) groups is 1. The Morgan fingerprint density at radius 3 is 2.75 bits per heavy atom. The van der Waals surface area contributed by atoms with E-state index >= 15 is 0 Å². The molecule has 1 heterocycles. The summed E-state index contributed by atoms with van der Waals surface area (Å²) < 4.78 is 0. The van der Waals surface area contributed by atoms with Crippen LogP contribution in [0.3, 0.4) is 0 Å². The molecule has 0 saturated carbocycles. The second-order valence-electron chi connectivity index (χ2n) is 4.08. The van der Waals surface area contributed by atoms with Crippen molar-refractivity contribution in [3.05, 3.63) is 57.9 Å². The fourth-order valence-corrected chi connectivity index (χ4v) is 1.73. The number of aryl methyl sites for hydroxylation is 1. The van der Waals surface area contributed by atoms with E-state index in [9.17, 15) is 14.9 Å². The van der Waals surface area contributed by atoms with Crippen molar-refractivity contribution >= 4 is 23.0 Å². The molecule has 0 spiro atoms. The van der Waals surface area contributed by atoms with Crippen LogP contribution in [0.1, 0.15) is 15.9 Å². The molecular weight excluding hydrogens is 262 g/mol. The molecule has 0 radical (unpaired) electrons. The van der Waals surface area contributed by atoms with Gasteiger partial charge in [-0.05, 0) is 24.6 Å². The van der Waals surface area contributed by atoms with E-state index in [4.69, 9.17) is 5.11 Å². The molecule has 0 atom stereocenters. The number of carboxylic acid groups (broad SMARTS) is 1. The van der Waals surface area contributed by atoms with E-state index in [0.29, 0.717) is 5.69 Å². The molecule has 1 aromatic carbocycles. The van der Waals surface area contributed by atoms with E-state index in [0.717, 1.165) is 5.56 Å². The summed E-state index contributed by atoms with van der Waals surface area (Å²) >= 11 is 0. The topological polar surface area (TPSA) is 105 Å². The Hall–Kier alpha value is -2.96. The lowest BCUT2D eigenvalue weighted by Gasteiger charge is -2.11. The highest BCUT2D eigenvalue weighted by Crippen LogP contribution is 2.31. The second-order valence-corrected chi connectivity index (χ2v) is 4.08. The third-order valence-electron chi connectivity index (χ3n) is 2.77. The smallest absolute Gasteiger partial charge is 0.338 e. The summed E-state index contributed by atoms with van der Waals surface area (Å²) in [5.74, 6) is -1.24. The van der Waals surface area contributed by atoms with Crippen molar-refractivity contribution in [1.29, 1.82) is 0 Å². The molecule has 0 bridgehead atoms. The molecule has 0 aliphatic rings. The summed E-state index contributed by atoms with van der Waals surface area (Å²) in [5, 5.41) is 23.0. The minimum Gasteiger partial charge on any atom is -0.478 e. The molecule has 0 amide bonds. The highest BCUT2D eigenvalue weighted by molar-refractivity contribution is 5.98. The van der Waals surface area contributed by atoms with Crippen molar-refractivity contribution in [2.45, 2.75) is 6.92 Å². The first-order valence-electron chi connectivity index (χ1n) is 5.69. The van der Waals surface area contributed by atoms with Gasteiger partial charge in [0.25, 0.3) is 5.69 Å². The standard InChI is InChI=1S/C13H11N3O4/c1-8-5-6-14-7-10(8)15-12-9(13(17)18)3-2-4-11(12)16(19)20/h2-7,15H,1H3,(H,17,18). The molecule has 0 unspecified atom stereocenters. The highest BCUT2D eigenvalue weighted by atomic mass is 16.6. The fourth-order valence-electron chi connectivity index (χ4n) is 1.73. The van der Waals surface area contributed by atoms with Gasteiger partial charge in [-0.15, -0.1) is 0 Å². The van der Waals surface area contributed by atoms with Crippen molar-refractivity contribution in [1.82, 2.24) is 4.98 Å². The maximum Gasteiger partial charge on any atom is 0.338 e. The van der Waals surface area contributed by atoms with Gasteiger partial charge in [0.05, 0.1) is 22.4 Å². The number of pyridine rings is 1. The first kappa shape index (κ1) is 13.5. The number of rotatable bonds is 4. The van der Waals surface area contributed by atoms with Gasteiger partial charge in [0.15, 0.2) is 0 Å². The van der Waals surface area contributed by atoms with Crippen LogP contribution in [-0.4, -0.2) is 21.0 Å². The van der Waals surface area contributed by atoms with Gasteiger partial charge < -0.3 is 10.4 Å². The number of carboxylic acids is 1. The van der Waals surface area contributed by atoms with Gasteiger partial charge in [-0.2, -0.15) is 0 Å². The molecule has 0 aliphatic heterocycles. The van der Waals surface area contributed by atoms with Crippen LogP contribution >= 0.6 is 0 Å². The number of aromatic nitrogens is 1. The Kier molecular flexibility index (Phi) is 3.60. The molecular formula is C13H11N3O4. The molecule has 102 valence electrons. The molecule has 0 aliphatic carbocycles. The monoisotopic (exact) mass is 273 g/mol. The van der Waals surface area contributed by atoms with Crippen molar-refractivity contribution in [3.8, 4) is 0 Å². The zero-order valence-electron chi connectivity index (χ0n) is 10.5. The SMILES string of the molecule is Cc1ccncc1Nc1c(C(=O)O)cccc1[N+](=O)[O-]. The van der Waals surface area contributed by atoms with Gasteiger partial charge in [0.2, 0.25) is 0 Å². The lowest BCUT2D eigenvalue weighted by atomic mass is 10.1. The van der Waals surface area contributed by atoms with E-state index < -0.39 is 10.9 Å². The molecule has 0 fully saturated rings. The number of hydrogen-bond donors (Lipinski definition) is 2. The number of anilines is 2. The first-order chi connectivity index (χ1) is 9.50. The van der Waals surface area contributed by atoms with E-state index in [-0.39, 0.29) is 16.9 Å². The number of hydrogen-bond acceptors (Lipinski definition) is 5. The largest absolute Gasteiger partial charge is 0.478 e. The van der Waals surface area contributed by atoms with Crippen LogP contribution in [0.15, 0.2) is 36.7 Å². The normalized spacial score (nSPS) is 10.1. The number of nitro groups is 1. The Balaban J connectivity index is 2.57. The van der Waals surface area contributed by atoms with Gasteiger partial charge >= 0.3 is 5.97 Å².